The van der Waals surface area contributed by atoms with Gasteiger partial charge in [0.25, 0.3) is 5.91 Å². The molecule has 1 N–H and O–H groups in total. The number of nitrogens with zero attached hydrogens (tertiary/aromatic N) is 3. The number of amides is 4. The van der Waals surface area contributed by atoms with Gasteiger partial charge in [-0.15, -0.1) is 11.3 Å². The molecule has 0 unspecified atom stereocenters. The zero-order valence-electron chi connectivity index (χ0n) is 17.3. The van der Waals surface area contributed by atoms with Gasteiger partial charge in [-0.3, -0.25) is 14.5 Å². The minimum absolute atomic E-state index is 0.271. The summed E-state index contributed by atoms with van der Waals surface area (Å²) in [7, 11) is 1.68. The predicted molar refractivity (Wildman–Crippen MR) is 117 cm³/mol. The van der Waals surface area contributed by atoms with Crippen LogP contribution in [0.2, 0.25) is 0 Å². The minimum Gasteiger partial charge on any atom is -0.335 e. The van der Waals surface area contributed by atoms with Crippen molar-refractivity contribution in [2.45, 2.75) is 31.3 Å². The number of para-hydroxylation sites is 1. The Balaban J connectivity index is 1.34. The summed E-state index contributed by atoms with van der Waals surface area (Å²) in [6.45, 7) is 1.61. The maximum atomic E-state index is 13.3. The van der Waals surface area contributed by atoms with E-state index >= 15 is 0 Å². The summed E-state index contributed by atoms with van der Waals surface area (Å²) >= 11 is 1.54. The number of likely N-dealkylation sites (N-methyl/N-ethyl adjacent to an activating group) is 1. The van der Waals surface area contributed by atoms with Crippen molar-refractivity contribution in [3.05, 3.63) is 64.7 Å². The summed E-state index contributed by atoms with van der Waals surface area (Å²) in [5.74, 6) is -0.657. The van der Waals surface area contributed by atoms with Crippen molar-refractivity contribution in [3.63, 3.8) is 0 Å². The number of aryl methyl sites for hydroxylation is 1. The molecule has 1 spiro atoms. The molecule has 3 aromatic rings. The van der Waals surface area contributed by atoms with Gasteiger partial charge >= 0.3 is 6.03 Å². The molecule has 1 aromatic heterocycles. The van der Waals surface area contributed by atoms with E-state index < -0.39 is 11.6 Å². The number of benzene rings is 2. The molecule has 1 fully saturated rings. The van der Waals surface area contributed by atoms with Crippen molar-refractivity contribution in [3.8, 4) is 0 Å². The fourth-order valence-corrected chi connectivity index (χ4v) is 5.49. The number of rotatable bonds is 4. The number of aromatic nitrogens is 1. The van der Waals surface area contributed by atoms with Gasteiger partial charge in [0, 0.05) is 7.05 Å². The van der Waals surface area contributed by atoms with Crippen LogP contribution in [0.15, 0.2) is 48.5 Å². The second-order valence-corrected chi connectivity index (χ2v) is 9.15. The van der Waals surface area contributed by atoms with Crippen molar-refractivity contribution in [2.24, 2.45) is 0 Å². The maximum Gasteiger partial charge on any atom is 0.325 e. The third-order valence-corrected chi connectivity index (χ3v) is 7.56. The average Bonchev–Trinajstić information content (AvgIpc) is 3.44. The van der Waals surface area contributed by atoms with Crippen LogP contribution in [0.1, 0.15) is 35.5 Å². The van der Waals surface area contributed by atoms with Gasteiger partial charge in [-0.1, -0.05) is 36.4 Å². The number of fused-ring (bicyclic) bond motifs is 3. The number of nitrogens with one attached hydrogen (secondary N) is 1. The van der Waals surface area contributed by atoms with Crippen LogP contribution in [0.3, 0.4) is 0 Å². The molecule has 158 valence electrons. The smallest absolute Gasteiger partial charge is 0.325 e. The van der Waals surface area contributed by atoms with Crippen molar-refractivity contribution < 1.29 is 14.4 Å². The summed E-state index contributed by atoms with van der Waals surface area (Å²) in [5.41, 5.74) is 1.74. The average molecular weight is 435 g/mol. The van der Waals surface area contributed by atoms with Gasteiger partial charge in [0.15, 0.2) is 0 Å². The minimum atomic E-state index is -1.05. The number of carbonyl (C=O) groups is 3. The molecule has 31 heavy (non-hydrogen) atoms. The van der Waals surface area contributed by atoms with E-state index in [0.29, 0.717) is 6.42 Å². The number of hydrogen-bond acceptors (Lipinski definition) is 5. The normalized spacial score (nSPS) is 20.9. The third-order valence-electron chi connectivity index (χ3n) is 6.36. The standard InChI is InChI=1S/C23H22N4O3S/c1-14(20-24-17-9-5-6-10-18(17)31-20)26(2)19(28)13-27-21(29)23(25-22(27)30)12-11-15-7-3-4-8-16(15)23/h3-10,14H,11-13H2,1-2H3,(H,25,30)/t14-,23+/m1/s1. The lowest BCUT2D eigenvalue weighted by Crippen LogP contribution is -2.44. The van der Waals surface area contributed by atoms with Gasteiger partial charge in [0.2, 0.25) is 5.91 Å². The zero-order valence-corrected chi connectivity index (χ0v) is 18.1. The van der Waals surface area contributed by atoms with Crippen LogP contribution in [-0.2, 0) is 21.5 Å². The Morgan fingerprint density at radius 1 is 1.23 bits per heavy atom. The first-order chi connectivity index (χ1) is 14.9. The van der Waals surface area contributed by atoms with Gasteiger partial charge < -0.3 is 10.2 Å². The highest BCUT2D eigenvalue weighted by Gasteiger charge is 2.55. The Kier molecular flexibility index (Phi) is 4.55. The lowest BCUT2D eigenvalue weighted by Gasteiger charge is -2.26. The van der Waals surface area contributed by atoms with E-state index in [9.17, 15) is 14.4 Å². The van der Waals surface area contributed by atoms with Gasteiger partial charge in [-0.2, -0.15) is 0 Å². The Labute approximate surface area is 183 Å². The van der Waals surface area contributed by atoms with Crippen molar-refractivity contribution in [1.29, 1.82) is 0 Å². The number of hydrogen-bond donors (Lipinski definition) is 1. The molecule has 0 saturated carbocycles. The maximum absolute atomic E-state index is 13.3. The Morgan fingerprint density at radius 3 is 2.77 bits per heavy atom. The molecule has 2 atom stereocenters. The molecule has 8 heteroatoms. The van der Waals surface area contributed by atoms with E-state index in [4.69, 9.17) is 0 Å². The Morgan fingerprint density at radius 2 is 1.97 bits per heavy atom. The molecule has 2 aliphatic rings. The van der Waals surface area contributed by atoms with Gasteiger partial charge in [-0.05, 0) is 43.0 Å². The van der Waals surface area contributed by atoms with Crippen LogP contribution < -0.4 is 5.32 Å². The van der Waals surface area contributed by atoms with Crippen molar-refractivity contribution in [1.82, 2.24) is 20.1 Å². The van der Waals surface area contributed by atoms with Crippen LogP contribution in [0.5, 0.6) is 0 Å². The van der Waals surface area contributed by atoms with E-state index in [1.54, 1.807) is 11.9 Å². The topological polar surface area (TPSA) is 82.6 Å². The first-order valence-electron chi connectivity index (χ1n) is 10.2. The fraction of sp³-hybridized carbons (Fsp3) is 0.304. The van der Waals surface area contributed by atoms with Gasteiger partial charge in [0.1, 0.15) is 17.1 Å². The van der Waals surface area contributed by atoms with E-state index in [1.165, 1.54) is 11.3 Å². The van der Waals surface area contributed by atoms with E-state index in [1.807, 2.05) is 55.5 Å². The summed E-state index contributed by atoms with van der Waals surface area (Å²) in [6.07, 6.45) is 1.23. The van der Waals surface area contributed by atoms with Crippen LogP contribution in [0, 0.1) is 0 Å². The largest absolute Gasteiger partial charge is 0.335 e. The van der Waals surface area contributed by atoms with Crippen molar-refractivity contribution >= 4 is 39.4 Å². The molecule has 7 nitrogen and oxygen atoms in total. The molecule has 5 rings (SSSR count). The molecule has 2 heterocycles. The quantitative estimate of drug-likeness (QED) is 0.640. The molecular formula is C23H22N4O3S. The molecular weight excluding hydrogens is 412 g/mol. The second kappa shape index (κ2) is 7.16. The Hall–Kier alpha value is -3.26. The molecule has 1 saturated heterocycles. The van der Waals surface area contributed by atoms with Gasteiger partial charge in [-0.25, -0.2) is 9.78 Å². The van der Waals surface area contributed by atoms with Crippen LogP contribution in [-0.4, -0.2) is 46.2 Å². The third kappa shape index (κ3) is 3.01. The van der Waals surface area contributed by atoms with Crippen LogP contribution >= 0.6 is 11.3 Å². The number of imide groups is 1. The zero-order chi connectivity index (χ0) is 21.8. The van der Waals surface area contributed by atoms with E-state index in [0.717, 1.165) is 37.7 Å². The summed E-state index contributed by atoms with van der Waals surface area (Å²) in [5, 5.41) is 3.68. The number of carbonyl (C=O) groups excluding carboxylic acids is 3. The molecule has 2 aromatic carbocycles. The monoisotopic (exact) mass is 434 g/mol. The molecule has 1 aliphatic heterocycles. The summed E-state index contributed by atoms with van der Waals surface area (Å²) in [6, 6.07) is 14.7. The van der Waals surface area contributed by atoms with Crippen molar-refractivity contribution in [2.75, 3.05) is 13.6 Å². The van der Waals surface area contributed by atoms with Gasteiger partial charge in [0.05, 0.1) is 16.3 Å². The Bertz CT molecular complexity index is 1190. The summed E-state index contributed by atoms with van der Waals surface area (Å²) < 4.78 is 1.06. The molecule has 1 aliphatic carbocycles. The van der Waals surface area contributed by atoms with Crippen LogP contribution in [0.4, 0.5) is 4.79 Å². The second-order valence-electron chi connectivity index (χ2n) is 8.08. The highest BCUT2D eigenvalue weighted by molar-refractivity contribution is 7.18. The van der Waals surface area contributed by atoms with E-state index in [-0.39, 0.29) is 24.4 Å². The SMILES string of the molecule is C[C@H](c1nc2ccccc2s1)N(C)C(=O)CN1C(=O)N[C@]2(CCc3ccccc32)C1=O. The molecule has 0 bridgehead atoms. The first-order valence-corrected chi connectivity index (χ1v) is 11.1. The molecule has 0 radical (unpaired) electrons. The lowest BCUT2D eigenvalue weighted by molar-refractivity contribution is -0.139. The number of thiazole rings is 1. The highest BCUT2D eigenvalue weighted by Crippen LogP contribution is 2.41. The summed E-state index contributed by atoms with van der Waals surface area (Å²) in [4.78, 5) is 46.2. The van der Waals surface area contributed by atoms with Crippen LogP contribution in [0.25, 0.3) is 10.2 Å². The number of urea groups is 1. The predicted octanol–water partition coefficient (Wildman–Crippen LogP) is 3.21. The fourth-order valence-electron chi connectivity index (χ4n) is 4.43. The lowest BCUT2D eigenvalue weighted by atomic mass is 9.92. The molecule has 4 amide bonds. The first kappa shape index (κ1) is 19.7. The highest BCUT2D eigenvalue weighted by atomic mass is 32.1. The van der Waals surface area contributed by atoms with E-state index in [2.05, 4.69) is 10.3 Å².